The highest BCUT2D eigenvalue weighted by atomic mass is 79.9. The van der Waals surface area contributed by atoms with Crippen molar-refractivity contribution >= 4 is 15.9 Å². The number of nitrogens with zero attached hydrogens (tertiary/aromatic N) is 2. The highest BCUT2D eigenvalue weighted by Gasteiger charge is 2.20. The normalized spacial score (nSPS) is 23.0. The van der Waals surface area contributed by atoms with Crippen molar-refractivity contribution in [2.45, 2.75) is 59.0 Å². The van der Waals surface area contributed by atoms with E-state index in [-0.39, 0.29) is 5.69 Å². The lowest BCUT2D eigenvalue weighted by Crippen LogP contribution is -2.40. The fraction of sp³-hybridized carbons (Fsp3) is 0.733. The Morgan fingerprint density at radius 3 is 2.75 bits per heavy atom. The van der Waals surface area contributed by atoms with Gasteiger partial charge >= 0.3 is 5.69 Å². The van der Waals surface area contributed by atoms with Crippen molar-refractivity contribution in [2.24, 2.45) is 5.92 Å². The molecule has 2 atom stereocenters. The van der Waals surface area contributed by atoms with Crippen LogP contribution < -0.4 is 11.0 Å². The van der Waals surface area contributed by atoms with E-state index in [4.69, 9.17) is 0 Å². The molecule has 4 nitrogen and oxygen atoms in total. The second kappa shape index (κ2) is 6.85. The standard InChI is InChI=1S/C15H24BrN3O/c1-10-6-4-5-7-13(10)17-8-9-19-12(3)14(16)11(2)18-15(19)20/h10,13,17H,4-9H2,1-3H3. The summed E-state index contributed by atoms with van der Waals surface area (Å²) in [7, 11) is 0. The van der Waals surface area contributed by atoms with Crippen LogP contribution in [-0.4, -0.2) is 22.1 Å². The van der Waals surface area contributed by atoms with Crippen LogP contribution in [0, 0.1) is 19.8 Å². The number of aryl methyl sites for hydroxylation is 1. The molecule has 112 valence electrons. The van der Waals surface area contributed by atoms with Gasteiger partial charge in [-0.2, -0.15) is 4.98 Å². The van der Waals surface area contributed by atoms with Crippen LogP contribution in [0.15, 0.2) is 9.27 Å². The van der Waals surface area contributed by atoms with Crippen LogP contribution >= 0.6 is 15.9 Å². The molecule has 0 saturated heterocycles. The molecule has 1 saturated carbocycles. The average molecular weight is 342 g/mol. The number of aromatic nitrogens is 2. The molecule has 1 fully saturated rings. The summed E-state index contributed by atoms with van der Waals surface area (Å²) in [6.45, 7) is 7.64. The molecule has 2 unspecified atom stereocenters. The van der Waals surface area contributed by atoms with Gasteiger partial charge in [0.15, 0.2) is 0 Å². The molecule has 0 bridgehead atoms. The van der Waals surface area contributed by atoms with E-state index < -0.39 is 0 Å². The van der Waals surface area contributed by atoms with Crippen LogP contribution in [0.4, 0.5) is 0 Å². The maximum absolute atomic E-state index is 12.0. The Morgan fingerprint density at radius 1 is 1.35 bits per heavy atom. The highest BCUT2D eigenvalue weighted by molar-refractivity contribution is 9.10. The first-order valence-corrected chi connectivity index (χ1v) is 8.27. The first-order valence-electron chi connectivity index (χ1n) is 7.47. The molecule has 1 aromatic heterocycles. The fourth-order valence-electron chi connectivity index (χ4n) is 3.02. The summed E-state index contributed by atoms with van der Waals surface area (Å²) in [5.41, 5.74) is 1.57. The molecule has 1 aliphatic rings. The van der Waals surface area contributed by atoms with E-state index in [9.17, 15) is 4.79 Å². The van der Waals surface area contributed by atoms with E-state index in [1.807, 2.05) is 13.8 Å². The van der Waals surface area contributed by atoms with Gasteiger partial charge in [-0.1, -0.05) is 19.8 Å². The minimum atomic E-state index is -0.151. The van der Waals surface area contributed by atoms with Gasteiger partial charge in [-0.05, 0) is 48.5 Å². The van der Waals surface area contributed by atoms with Crippen molar-refractivity contribution in [1.29, 1.82) is 0 Å². The lowest BCUT2D eigenvalue weighted by Gasteiger charge is -2.29. The summed E-state index contributed by atoms with van der Waals surface area (Å²) in [4.78, 5) is 16.0. The van der Waals surface area contributed by atoms with E-state index in [0.29, 0.717) is 12.6 Å². The van der Waals surface area contributed by atoms with Crippen LogP contribution in [0.1, 0.15) is 44.0 Å². The number of rotatable bonds is 4. The van der Waals surface area contributed by atoms with E-state index in [1.165, 1.54) is 25.7 Å². The number of halogens is 1. The molecule has 1 heterocycles. The third-order valence-corrected chi connectivity index (χ3v) is 5.54. The van der Waals surface area contributed by atoms with Gasteiger partial charge < -0.3 is 5.32 Å². The lowest BCUT2D eigenvalue weighted by atomic mass is 9.86. The topological polar surface area (TPSA) is 46.9 Å². The first kappa shape index (κ1) is 15.7. The van der Waals surface area contributed by atoms with E-state index in [1.54, 1.807) is 4.57 Å². The molecule has 0 aliphatic heterocycles. The van der Waals surface area contributed by atoms with Crippen molar-refractivity contribution in [1.82, 2.24) is 14.9 Å². The van der Waals surface area contributed by atoms with Crippen LogP contribution in [0.3, 0.4) is 0 Å². The minimum absolute atomic E-state index is 0.151. The lowest BCUT2D eigenvalue weighted by molar-refractivity contribution is 0.277. The van der Waals surface area contributed by atoms with E-state index in [0.717, 1.165) is 28.3 Å². The van der Waals surface area contributed by atoms with Crippen molar-refractivity contribution in [3.8, 4) is 0 Å². The van der Waals surface area contributed by atoms with E-state index in [2.05, 4.69) is 33.2 Å². The average Bonchev–Trinajstić information content (AvgIpc) is 2.42. The minimum Gasteiger partial charge on any atom is -0.312 e. The largest absolute Gasteiger partial charge is 0.348 e. The van der Waals surface area contributed by atoms with Crippen LogP contribution in [0.5, 0.6) is 0 Å². The molecule has 1 aliphatic carbocycles. The van der Waals surface area contributed by atoms with Crippen LogP contribution in [-0.2, 0) is 6.54 Å². The van der Waals surface area contributed by atoms with Gasteiger partial charge in [0, 0.05) is 24.8 Å². The summed E-state index contributed by atoms with van der Waals surface area (Å²) >= 11 is 3.50. The predicted octanol–water partition coefficient (Wildman–Crippen LogP) is 2.79. The third-order valence-electron chi connectivity index (χ3n) is 4.39. The van der Waals surface area contributed by atoms with Gasteiger partial charge in [0.05, 0.1) is 10.2 Å². The molecule has 0 spiro atoms. The molecule has 0 amide bonds. The van der Waals surface area contributed by atoms with Crippen molar-refractivity contribution < 1.29 is 0 Å². The Balaban J connectivity index is 1.98. The van der Waals surface area contributed by atoms with Gasteiger partial charge in [0.1, 0.15) is 0 Å². The fourth-order valence-corrected chi connectivity index (χ4v) is 3.32. The monoisotopic (exact) mass is 341 g/mol. The molecule has 5 heteroatoms. The van der Waals surface area contributed by atoms with Gasteiger partial charge in [0.2, 0.25) is 0 Å². The SMILES string of the molecule is Cc1nc(=O)n(CCNC2CCCCC2C)c(C)c1Br. The van der Waals surface area contributed by atoms with E-state index >= 15 is 0 Å². The van der Waals surface area contributed by atoms with Crippen molar-refractivity contribution in [3.63, 3.8) is 0 Å². The number of hydrogen-bond acceptors (Lipinski definition) is 3. The Labute approximate surface area is 129 Å². The molecule has 0 aromatic carbocycles. The maximum Gasteiger partial charge on any atom is 0.348 e. The van der Waals surface area contributed by atoms with Gasteiger partial charge in [-0.3, -0.25) is 4.57 Å². The van der Waals surface area contributed by atoms with Gasteiger partial charge in [-0.15, -0.1) is 0 Å². The molecule has 2 rings (SSSR count). The Morgan fingerprint density at radius 2 is 2.05 bits per heavy atom. The summed E-state index contributed by atoms with van der Waals surface area (Å²) < 4.78 is 2.68. The molecule has 0 radical (unpaired) electrons. The Hall–Kier alpha value is -0.680. The molecule has 1 N–H and O–H groups in total. The zero-order chi connectivity index (χ0) is 14.7. The predicted molar refractivity (Wildman–Crippen MR) is 85.1 cm³/mol. The molecular weight excluding hydrogens is 318 g/mol. The quantitative estimate of drug-likeness (QED) is 0.915. The highest BCUT2D eigenvalue weighted by Crippen LogP contribution is 2.23. The summed E-state index contributed by atoms with van der Waals surface area (Å²) in [5, 5.41) is 3.61. The number of hydrogen-bond donors (Lipinski definition) is 1. The zero-order valence-electron chi connectivity index (χ0n) is 12.6. The molecular formula is C15H24BrN3O. The summed E-state index contributed by atoms with van der Waals surface area (Å²) in [6.07, 6.45) is 5.24. The number of nitrogens with one attached hydrogen (secondary N) is 1. The summed E-state index contributed by atoms with van der Waals surface area (Å²) in [6, 6.07) is 0.599. The maximum atomic E-state index is 12.0. The van der Waals surface area contributed by atoms with Crippen molar-refractivity contribution in [3.05, 3.63) is 26.3 Å². The van der Waals surface area contributed by atoms with Crippen LogP contribution in [0.2, 0.25) is 0 Å². The molecule has 1 aromatic rings. The third kappa shape index (κ3) is 3.50. The Bertz CT molecular complexity index is 527. The van der Waals surface area contributed by atoms with Crippen molar-refractivity contribution in [2.75, 3.05) is 6.54 Å². The first-order chi connectivity index (χ1) is 9.50. The van der Waals surface area contributed by atoms with Gasteiger partial charge in [-0.25, -0.2) is 4.79 Å². The Kier molecular flexibility index (Phi) is 5.38. The van der Waals surface area contributed by atoms with Crippen LogP contribution in [0.25, 0.3) is 0 Å². The smallest absolute Gasteiger partial charge is 0.312 e. The zero-order valence-corrected chi connectivity index (χ0v) is 14.2. The second-order valence-corrected chi connectivity index (χ2v) is 6.65. The second-order valence-electron chi connectivity index (χ2n) is 5.85. The summed E-state index contributed by atoms with van der Waals surface area (Å²) in [5.74, 6) is 0.740. The van der Waals surface area contributed by atoms with Gasteiger partial charge in [0.25, 0.3) is 0 Å². The molecule has 20 heavy (non-hydrogen) atoms.